The molecule has 94 valence electrons. The minimum atomic E-state index is -3.51. The van der Waals surface area contributed by atoms with Crippen molar-refractivity contribution in [2.75, 3.05) is 24.9 Å². The summed E-state index contributed by atoms with van der Waals surface area (Å²) >= 11 is 0. The van der Waals surface area contributed by atoms with E-state index in [1.165, 1.54) is 38.5 Å². The number of esters is 1. The minimum Gasteiger partial charge on any atom is -0.465 e. The van der Waals surface area contributed by atoms with Gasteiger partial charge in [-0.15, -0.1) is 4.47 Å². The lowest BCUT2D eigenvalue weighted by Gasteiger charge is -2.18. The zero-order valence-corrected chi connectivity index (χ0v) is 10.5. The van der Waals surface area contributed by atoms with Crippen LogP contribution in [0.4, 0.5) is 5.69 Å². The summed E-state index contributed by atoms with van der Waals surface area (Å²) in [6.07, 6.45) is 1.02. The van der Waals surface area contributed by atoms with Gasteiger partial charge in [0.05, 0.1) is 31.7 Å². The van der Waals surface area contributed by atoms with Gasteiger partial charge in [-0.05, 0) is 24.3 Å². The van der Waals surface area contributed by atoms with E-state index in [0.29, 0.717) is 11.3 Å². The molecule has 0 bridgehead atoms. The van der Waals surface area contributed by atoms with Gasteiger partial charge in [-0.3, -0.25) is 4.84 Å². The summed E-state index contributed by atoms with van der Waals surface area (Å²) in [6.45, 7) is 0. The van der Waals surface area contributed by atoms with Crippen molar-refractivity contribution in [3.63, 3.8) is 0 Å². The van der Waals surface area contributed by atoms with Crippen LogP contribution in [0.25, 0.3) is 0 Å². The highest BCUT2D eigenvalue weighted by Gasteiger charge is 2.17. The van der Waals surface area contributed by atoms with Gasteiger partial charge in [-0.25, -0.2) is 13.2 Å². The van der Waals surface area contributed by atoms with Gasteiger partial charge in [-0.1, -0.05) is 0 Å². The molecular weight excluding hydrogens is 246 g/mol. The van der Waals surface area contributed by atoms with Gasteiger partial charge in [0.25, 0.3) is 10.0 Å². The summed E-state index contributed by atoms with van der Waals surface area (Å²) in [4.78, 5) is 15.9. The number of benzene rings is 1. The van der Waals surface area contributed by atoms with Crippen LogP contribution in [0.3, 0.4) is 0 Å². The fraction of sp³-hybridized carbons (Fsp3) is 0.300. The third-order valence-electron chi connectivity index (χ3n) is 1.97. The Hall–Kier alpha value is -1.60. The van der Waals surface area contributed by atoms with Crippen molar-refractivity contribution in [2.45, 2.75) is 0 Å². The molecule has 1 aromatic carbocycles. The first-order valence-electron chi connectivity index (χ1n) is 4.63. The number of nitrogens with zero attached hydrogens (tertiary/aromatic N) is 1. The van der Waals surface area contributed by atoms with Gasteiger partial charge in [0.1, 0.15) is 0 Å². The second kappa shape index (κ2) is 5.15. The lowest BCUT2D eigenvalue weighted by molar-refractivity contribution is 0.0600. The molecule has 0 aliphatic carbocycles. The fourth-order valence-electron chi connectivity index (χ4n) is 1.27. The predicted molar refractivity (Wildman–Crippen MR) is 62.1 cm³/mol. The van der Waals surface area contributed by atoms with Gasteiger partial charge in [0.2, 0.25) is 0 Å². The van der Waals surface area contributed by atoms with Crippen molar-refractivity contribution in [2.24, 2.45) is 0 Å². The number of sulfonamides is 1. The number of methoxy groups -OCH3 is 1. The van der Waals surface area contributed by atoms with Crippen LogP contribution in [-0.2, 0) is 19.6 Å². The maximum Gasteiger partial charge on any atom is 0.337 e. The van der Waals surface area contributed by atoms with Crippen molar-refractivity contribution >= 4 is 21.7 Å². The smallest absolute Gasteiger partial charge is 0.337 e. The number of anilines is 1. The molecule has 0 spiro atoms. The maximum atomic E-state index is 11.3. The van der Waals surface area contributed by atoms with E-state index in [4.69, 9.17) is 4.84 Å². The zero-order valence-electron chi connectivity index (χ0n) is 9.71. The Morgan fingerprint density at radius 1 is 1.18 bits per heavy atom. The van der Waals surface area contributed by atoms with Gasteiger partial charge in [-0.2, -0.15) is 0 Å². The number of carbonyl (C=O) groups is 1. The van der Waals surface area contributed by atoms with E-state index in [1.54, 1.807) is 0 Å². The molecule has 0 aromatic heterocycles. The van der Waals surface area contributed by atoms with E-state index in [2.05, 4.69) is 4.74 Å². The number of ether oxygens (including phenoxy) is 1. The molecule has 0 unspecified atom stereocenters. The second-order valence-electron chi connectivity index (χ2n) is 3.21. The van der Waals surface area contributed by atoms with E-state index < -0.39 is 16.0 Å². The Balaban J connectivity index is 3.05. The highest BCUT2D eigenvalue weighted by molar-refractivity contribution is 7.91. The Labute approximate surface area is 99.8 Å². The Morgan fingerprint density at radius 3 is 2.06 bits per heavy atom. The summed E-state index contributed by atoms with van der Waals surface area (Å²) < 4.78 is 28.0. The third-order valence-corrected chi connectivity index (χ3v) is 2.93. The molecule has 0 heterocycles. The molecule has 17 heavy (non-hydrogen) atoms. The quantitative estimate of drug-likeness (QED) is 0.590. The molecule has 0 saturated heterocycles. The molecule has 0 fully saturated rings. The van der Waals surface area contributed by atoms with Gasteiger partial charge in [0, 0.05) is 0 Å². The first-order valence-corrected chi connectivity index (χ1v) is 6.47. The van der Waals surface area contributed by atoms with Crippen molar-refractivity contribution in [3.05, 3.63) is 29.8 Å². The Bertz CT molecular complexity index is 494. The van der Waals surface area contributed by atoms with E-state index in [9.17, 15) is 13.2 Å². The highest BCUT2D eigenvalue weighted by atomic mass is 32.2. The number of carbonyl (C=O) groups excluding carboxylic acids is 1. The van der Waals surface area contributed by atoms with Crippen molar-refractivity contribution < 1.29 is 22.8 Å². The van der Waals surface area contributed by atoms with Crippen LogP contribution in [0.2, 0.25) is 0 Å². The first-order chi connectivity index (χ1) is 7.90. The molecule has 0 saturated carbocycles. The van der Waals surface area contributed by atoms with E-state index in [1.807, 2.05) is 0 Å². The predicted octanol–water partition coefficient (Wildman–Crippen LogP) is 0.801. The van der Waals surface area contributed by atoms with Gasteiger partial charge < -0.3 is 4.74 Å². The molecule has 7 heteroatoms. The molecule has 6 nitrogen and oxygen atoms in total. The monoisotopic (exact) mass is 259 g/mol. The lowest BCUT2D eigenvalue weighted by atomic mass is 10.2. The molecule has 0 aliphatic rings. The van der Waals surface area contributed by atoms with Crippen LogP contribution >= 0.6 is 0 Å². The van der Waals surface area contributed by atoms with Crippen molar-refractivity contribution in [1.82, 2.24) is 0 Å². The summed E-state index contributed by atoms with van der Waals surface area (Å²) in [5.74, 6) is -0.486. The van der Waals surface area contributed by atoms with Crippen LogP contribution in [-0.4, -0.2) is 34.9 Å². The lowest BCUT2D eigenvalue weighted by Crippen LogP contribution is -2.28. The summed E-state index contributed by atoms with van der Waals surface area (Å²) in [7, 11) is -0.994. The standard InChI is InChI=1S/C10H13NO5S/c1-15-10(12)8-4-6-9(7-5-8)11(16-2)17(3,13)14/h4-7H,1-3H3. The number of hydrogen-bond acceptors (Lipinski definition) is 5. The Kier molecular flexibility index (Phi) is 4.08. The average Bonchev–Trinajstić information content (AvgIpc) is 2.28. The van der Waals surface area contributed by atoms with Crippen LogP contribution in [0, 0.1) is 0 Å². The second-order valence-corrected chi connectivity index (χ2v) is 5.01. The Morgan fingerprint density at radius 2 is 1.71 bits per heavy atom. The van der Waals surface area contributed by atoms with Crippen LogP contribution in [0.15, 0.2) is 24.3 Å². The topological polar surface area (TPSA) is 72.9 Å². The third kappa shape index (κ3) is 3.18. The van der Waals surface area contributed by atoms with Crippen molar-refractivity contribution in [1.29, 1.82) is 0 Å². The molecule has 1 rings (SSSR count). The van der Waals surface area contributed by atoms with Crippen LogP contribution in [0.5, 0.6) is 0 Å². The molecule has 1 aromatic rings. The van der Waals surface area contributed by atoms with E-state index in [0.717, 1.165) is 10.7 Å². The average molecular weight is 259 g/mol. The molecule has 0 radical (unpaired) electrons. The minimum absolute atomic E-state index is 0.308. The summed E-state index contributed by atoms with van der Waals surface area (Å²) in [5, 5.41) is 0. The maximum absolute atomic E-state index is 11.3. The van der Waals surface area contributed by atoms with Crippen LogP contribution in [0.1, 0.15) is 10.4 Å². The molecule has 0 aliphatic heterocycles. The SMILES string of the molecule is COC(=O)c1ccc(N(OC)S(C)(=O)=O)cc1. The molecule has 0 atom stereocenters. The fourth-order valence-corrected chi connectivity index (χ4v) is 2.04. The highest BCUT2D eigenvalue weighted by Crippen LogP contribution is 2.18. The van der Waals surface area contributed by atoms with Crippen molar-refractivity contribution in [3.8, 4) is 0 Å². The van der Waals surface area contributed by atoms with Crippen LogP contribution < -0.4 is 4.47 Å². The van der Waals surface area contributed by atoms with E-state index >= 15 is 0 Å². The van der Waals surface area contributed by atoms with Gasteiger partial charge >= 0.3 is 5.97 Å². The number of rotatable bonds is 4. The largest absolute Gasteiger partial charge is 0.465 e. The van der Waals surface area contributed by atoms with Gasteiger partial charge in [0.15, 0.2) is 0 Å². The summed E-state index contributed by atoms with van der Waals surface area (Å²) in [6, 6.07) is 5.82. The number of hydrogen-bond donors (Lipinski definition) is 0. The zero-order chi connectivity index (χ0) is 13.1. The summed E-state index contributed by atoms with van der Waals surface area (Å²) in [5.41, 5.74) is 0.642. The normalized spacial score (nSPS) is 11.0. The molecule has 0 N–H and O–H groups in total. The van der Waals surface area contributed by atoms with E-state index in [-0.39, 0.29) is 0 Å². The molecule has 0 amide bonds. The first kappa shape index (κ1) is 13.5. The molecular formula is C10H13NO5S.